The second kappa shape index (κ2) is 7.28. The van der Waals surface area contributed by atoms with E-state index in [9.17, 15) is 20.1 Å². The highest BCUT2D eigenvalue weighted by molar-refractivity contribution is 5.80. The fourth-order valence-electron chi connectivity index (χ4n) is 2.73. The largest absolute Gasteiger partial charge is 0.508 e. The summed E-state index contributed by atoms with van der Waals surface area (Å²) in [6.45, 7) is 9.56. The van der Waals surface area contributed by atoms with E-state index in [0.29, 0.717) is 12.0 Å². The highest BCUT2D eigenvalue weighted by Crippen LogP contribution is 2.36. The summed E-state index contributed by atoms with van der Waals surface area (Å²) in [5, 5.41) is 29.4. The molecule has 0 bridgehead atoms. The molecule has 26 heavy (non-hydrogen) atoms. The fraction of sp³-hybridized carbons (Fsp3) is 0.381. The van der Waals surface area contributed by atoms with E-state index in [0.717, 1.165) is 11.1 Å². The average Bonchev–Trinajstić information content (AvgIpc) is 2.56. The van der Waals surface area contributed by atoms with Crippen LogP contribution >= 0.6 is 0 Å². The number of hydrogen-bond donors (Lipinski definition) is 3. The highest BCUT2D eigenvalue weighted by Gasteiger charge is 2.24. The standard InChI is InChI=1S/C21H26O5/c1-6-13-10-17(23)18(24)11-19(13)26-20(25)12(2)14-7-8-16(22)15(9-14)21(3,4)5/h7-12,22-24H,6H2,1-5H3. The number of aromatic hydroxyl groups is 3. The number of carbonyl (C=O) groups excluding carboxylic acids is 1. The van der Waals surface area contributed by atoms with Gasteiger partial charge in [-0.05, 0) is 47.6 Å². The maximum absolute atomic E-state index is 12.6. The third kappa shape index (κ3) is 4.10. The monoisotopic (exact) mass is 358 g/mol. The first kappa shape index (κ1) is 19.6. The summed E-state index contributed by atoms with van der Waals surface area (Å²) in [4.78, 5) is 12.6. The number of carbonyl (C=O) groups is 1. The average molecular weight is 358 g/mol. The second-order valence-electron chi connectivity index (χ2n) is 7.47. The minimum Gasteiger partial charge on any atom is -0.508 e. The smallest absolute Gasteiger partial charge is 0.318 e. The van der Waals surface area contributed by atoms with Crippen molar-refractivity contribution in [2.45, 2.75) is 52.4 Å². The van der Waals surface area contributed by atoms with Crippen molar-refractivity contribution in [3.63, 3.8) is 0 Å². The number of esters is 1. The molecule has 1 unspecified atom stereocenters. The minimum atomic E-state index is -0.558. The Morgan fingerprint density at radius 3 is 2.23 bits per heavy atom. The molecule has 0 radical (unpaired) electrons. The normalized spacial score (nSPS) is 12.7. The van der Waals surface area contributed by atoms with Gasteiger partial charge in [0.05, 0.1) is 5.92 Å². The molecule has 1 atom stereocenters. The molecule has 0 aromatic heterocycles. The van der Waals surface area contributed by atoms with Crippen molar-refractivity contribution in [2.75, 3.05) is 0 Å². The zero-order valence-corrected chi connectivity index (χ0v) is 15.8. The van der Waals surface area contributed by atoms with Crippen LogP contribution in [0.15, 0.2) is 30.3 Å². The summed E-state index contributed by atoms with van der Waals surface area (Å²) in [6.07, 6.45) is 0.540. The van der Waals surface area contributed by atoms with Crippen LogP contribution in [0.2, 0.25) is 0 Å². The molecular formula is C21H26O5. The van der Waals surface area contributed by atoms with Crippen molar-refractivity contribution >= 4 is 5.97 Å². The molecule has 140 valence electrons. The molecule has 5 nitrogen and oxygen atoms in total. The Balaban J connectivity index is 2.30. The van der Waals surface area contributed by atoms with Gasteiger partial charge in [0.25, 0.3) is 0 Å². The van der Waals surface area contributed by atoms with E-state index in [-0.39, 0.29) is 28.4 Å². The first-order valence-corrected chi connectivity index (χ1v) is 8.64. The van der Waals surface area contributed by atoms with Crippen molar-refractivity contribution in [1.29, 1.82) is 0 Å². The Morgan fingerprint density at radius 1 is 1.04 bits per heavy atom. The van der Waals surface area contributed by atoms with Crippen molar-refractivity contribution in [3.05, 3.63) is 47.0 Å². The van der Waals surface area contributed by atoms with Crippen LogP contribution in [0.4, 0.5) is 0 Å². The molecule has 2 aromatic carbocycles. The Bertz CT molecular complexity index is 818. The third-order valence-corrected chi connectivity index (χ3v) is 4.43. The molecule has 3 N–H and O–H groups in total. The summed E-state index contributed by atoms with van der Waals surface area (Å²) in [6, 6.07) is 7.74. The van der Waals surface area contributed by atoms with Gasteiger partial charge in [0.15, 0.2) is 11.5 Å². The number of phenolic OH excluding ortho intramolecular Hbond substituents is 3. The summed E-state index contributed by atoms with van der Waals surface area (Å²) in [5.74, 6) is -1.19. The molecule has 0 amide bonds. The van der Waals surface area contributed by atoms with Crippen LogP contribution in [0, 0.1) is 0 Å². The van der Waals surface area contributed by atoms with E-state index in [1.165, 1.54) is 12.1 Å². The number of phenols is 3. The summed E-state index contributed by atoms with van der Waals surface area (Å²) in [7, 11) is 0. The topological polar surface area (TPSA) is 87.0 Å². The van der Waals surface area contributed by atoms with Gasteiger partial charge >= 0.3 is 5.97 Å². The molecule has 2 aromatic rings. The van der Waals surface area contributed by atoms with Crippen molar-refractivity contribution < 1.29 is 24.9 Å². The number of benzene rings is 2. The van der Waals surface area contributed by atoms with Gasteiger partial charge in [-0.2, -0.15) is 0 Å². The second-order valence-corrected chi connectivity index (χ2v) is 7.47. The molecule has 0 fully saturated rings. The van der Waals surface area contributed by atoms with Gasteiger partial charge in [-0.15, -0.1) is 0 Å². The van der Waals surface area contributed by atoms with Crippen molar-refractivity contribution in [1.82, 2.24) is 0 Å². The Hall–Kier alpha value is -2.69. The zero-order chi connectivity index (χ0) is 19.6. The SMILES string of the molecule is CCc1cc(O)c(O)cc1OC(=O)C(C)c1ccc(O)c(C(C)(C)C)c1. The molecule has 0 aliphatic carbocycles. The molecule has 0 spiro atoms. The molecule has 0 saturated carbocycles. The van der Waals surface area contributed by atoms with Crippen LogP contribution in [-0.4, -0.2) is 21.3 Å². The third-order valence-electron chi connectivity index (χ3n) is 4.43. The number of aryl methyl sites for hydroxylation is 1. The lowest BCUT2D eigenvalue weighted by molar-refractivity contribution is -0.135. The van der Waals surface area contributed by atoms with Crippen LogP contribution in [0.5, 0.6) is 23.0 Å². The predicted octanol–water partition coefficient (Wildman–Crippen LogP) is 4.37. The van der Waals surface area contributed by atoms with E-state index in [1.54, 1.807) is 19.1 Å². The molecule has 0 aliphatic heterocycles. The van der Waals surface area contributed by atoms with E-state index >= 15 is 0 Å². The van der Waals surface area contributed by atoms with Gasteiger partial charge in [-0.25, -0.2) is 0 Å². The van der Waals surface area contributed by atoms with Crippen LogP contribution in [0.25, 0.3) is 0 Å². The molecule has 2 rings (SSSR count). The van der Waals surface area contributed by atoms with E-state index in [2.05, 4.69) is 0 Å². The van der Waals surface area contributed by atoms with Crippen LogP contribution in [0.1, 0.15) is 57.2 Å². The number of rotatable bonds is 4. The Labute approximate surface area is 153 Å². The zero-order valence-electron chi connectivity index (χ0n) is 15.8. The summed E-state index contributed by atoms with van der Waals surface area (Å²) >= 11 is 0. The van der Waals surface area contributed by atoms with Gasteiger partial charge < -0.3 is 20.1 Å². The number of ether oxygens (including phenoxy) is 1. The van der Waals surface area contributed by atoms with Gasteiger partial charge in [-0.1, -0.05) is 39.8 Å². The fourth-order valence-corrected chi connectivity index (χ4v) is 2.73. The van der Waals surface area contributed by atoms with Crippen molar-refractivity contribution in [2.24, 2.45) is 0 Å². The Morgan fingerprint density at radius 2 is 1.65 bits per heavy atom. The van der Waals surface area contributed by atoms with Gasteiger partial charge in [0.2, 0.25) is 0 Å². The van der Waals surface area contributed by atoms with E-state index < -0.39 is 11.9 Å². The van der Waals surface area contributed by atoms with Crippen LogP contribution in [-0.2, 0) is 16.6 Å². The highest BCUT2D eigenvalue weighted by atomic mass is 16.5. The maximum Gasteiger partial charge on any atom is 0.318 e. The van der Waals surface area contributed by atoms with Gasteiger partial charge in [0, 0.05) is 6.07 Å². The summed E-state index contributed by atoms with van der Waals surface area (Å²) < 4.78 is 5.47. The molecule has 5 heteroatoms. The minimum absolute atomic E-state index is 0.193. The first-order chi connectivity index (χ1) is 12.0. The van der Waals surface area contributed by atoms with E-state index in [4.69, 9.17) is 4.74 Å². The van der Waals surface area contributed by atoms with Crippen molar-refractivity contribution in [3.8, 4) is 23.0 Å². The van der Waals surface area contributed by atoms with E-state index in [1.807, 2.05) is 33.8 Å². The molecular weight excluding hydrogens is 332 g/mol. The lowest BCUT2D eigenvalue weighted by atomic mass is 9.84. The first-order valence-electron chi connectivity index (χ1n) is 8.64. The maximum atomic E-state index is 12.6. The van der Waals surface area contributed by atoms with Crippen LogP contribution in [0.3, 0.4) is 0 Å². The lowest BCUT2D eigenvalue weighted by Gasteiger charge is -2.22. The number of hydrogen-bond acceptors (Lipinski definition) is 5. The summed E-state index contributed by atoms with van der Waals surface area (Å²) in [5.41, 5.74) is 1.86. The quantitative estimate of drug-likeness (QED) is 0.429. The van der Waals surface area contributed by atoms with Crippen LogP contribution < -0.4 is 4.74 Å². The Kier molecular flexibility index (Phi) is 5.50. The lowest BCUT2D eigenvalue weighted by Crippen LogP contribution is -2.18. The van der Waals surface area contributed by atoms with Gasteiger partial charge in [0.1, 0.15) is 11.5 Å². The molecule has 0 saturated heterocycles. The predicted molar refractivity (Wildman–Crippen MR) is 100 cm³/mol. The van der Waals surface area contributed by atoms with Gasteiger partial charge in [-0.3, -0.25) is 4.79 Å². The molecule has 0 aliphatic rings. The molecule has 0 heterocycles.